The van der Waals surface area contributed by atoms with Crippen LogP contribution >= 0.6 is 0 Å². The summed E-state index contributed by atoms with van der Waals surface area (Å²) < 4.78 is 21.5. The third-order valence-electron chi connectivity index (χ3n) is 4.60. The van der Waals surface area contributed by atoms with Crippen LogP contribution in [0.25, 0.3) is 5.52 Å². The van der Waals surface area contributed by atoms with Crippen molar-refractivity contribution in [1.29, 1.82) is 0 Å². The van der Waals surface area contributed by atoms with Crippen molar-refractivity contribution < 1.29 is 23.6 Å². The Hall–Kier alpha value is -3.53. The van der Waals surface area contributed by atoms with E-state index in [1.54, 1.807) is 20.0 Å². The van der Waals surface area contributed by atoms with Crippen molar-refractivity contribution in [3.8, 4) is 0 Å². The van der Waals surface area contributed by atoms with Crippen molar-refractivity contribution >= 4 is 28.9 Å². The van der Waals surface area contributed by atoms with E-state index in [0.717, 1.165) is 0 Å². The minimum atomic E-state index is -0.638. The molecule has 0 saturated heterocycles. The molecule has 0 unspecified atom stereocenters. The third-order valence-corrected chi connectivity index (χ3v) is 4.60. The van der Waals surface area contributed by atoms with Crippen molar-refractivity contribution in [3.05, 3.63) is 52.7 Å². The van der Waals surface area contributed by atoms with E-state index in [-0.39, 0.29) is 29.6 Å². The summed E-state index contributed by atoms with van der Waals surface area (Å²) in [6.45, 7) is 7.46. The maximum Gasteiger partial charge on any atom is 0.340 e. The molecule has 164 valence electrons. The van der Waals surface area contributed by atoms with Crippen molar-refractivity contribution in [2.75, 3.05) is 19.0 Å². The van der Waals surface area contributed by atoms with Gasteiger partial charge < -0.3 is 10.1 Å². The molecule has 0 aliphatic carbocycles. The summed E-state index contributed by atoms with van der Waals surface area (Å²) in [7, 11) is 1.29. The number of rotatable bonds is 7. The average molecular weight is 429 g/mol. The van der Waals surface area contributed by atoms with Gasteiger partial charge in [0.15, 0.2) is 5.82 Å². The maximum atomic E-state index is 14.9. The number of ether oxygens (including phenoxy) is 1. The molecular formula is C21H24FN5O4. The molecule has 0 bridgehead atoms. The zero-order valence-electron chi connectivity index (χ0n) is 17.9. The maximum absolute atomic E-state index is 14.9. The average Bonchev–Trinajstić information content (AvgIpc) is 3.11. The fourth-order valence-corrected chi connectivity index (χ4v) is 3.40. The minimum Gasteiger partial charge on any atom is -0.462 e. The summed E-state index contributed by atoms with van der Waals surface area (Å²) in [6, 6.07) is 2.83. The van der Waals surface area contributed by atoms with Gasteiger partial charge in [0, 0.05) is 11.8 Å². The van der Waals surface area contributed by atoms with Crippen LogP contribution in [-0.2, 0) is 9.57 Å². The summed E-state index contributed by atoms with van der Waals surface area (Å²) in [6.07, 6.45) is 2.83. The Morgan fingerprint density at radius 2 is 2.00 bits per heavy atom. The Morgan fingerprint density at radius 3 is 2.65 bits per heavy atom. The van der Waals surface area contributed by atoms with Crippen molar-refractivity contribution in [2.45, 2.75) is 33.6 Å². The first-order chi connectivity index (χ1) is 14.8. The number of benzene rings is 1. The van der Waals surface area contributed by atoms with Crippen LogP contribution in [0.4, 0.5) is 15.9 Å². The first kappa shape index (κ1) is 22.2. The number of nitrogens with zero attached hydrogens (tertiary/aromatic N) is 3. The summed E-state index contributed by atoms with van der Waals surface area (Å²) in [5.74, 6) is -1.59. The quantitative estimate of drug-likeness (QED) is 0.437. The lowest BCUT2D eigenvalue weighted by atomic mass is 10.00. The van der Waals surface area contributed by atoms with Gasteiger partial charge in [-0.1, -0.05) is 13.8 Å². The molecule has 0 spiro atoms. The van der Waals surface area contributed by atoms with E-state index in [1.807, 2.05) is 13.8 Å². The number of hydroxylamine groups is 1. The number of fused-ring (bicyclic) bond motifs is 1. The molecule has 2 heterocycles. The zero-order chi connectivity index (χ0) is 22.7. The second kappa shape index (κ2) is 9.09. The molecule has 0 fully saturated rings. The van der Waals surface area contributed by atoms with E-state index in [4.69, 9.17) is 4.74 Å². The molecule has 31 heavy (non-hydrogen) atoms. The summed E-state index contributed by atoms with van der Waals surface area (Å²) in [5.41, 5.74) is 4.21. The van der Waals surface area contributed by atoms with Gasteiger partial charge in [-0.15, -0.1) is 0 Å². The van der Waals surface area contributed by atoms with Gasteiger partial charge in [0.2, 0.25) is 0 Å². The Balaban J connectivity index is 2.20. The predicted octanol–water partition coefficient (Wildman–Crippen LogP) is 3.51. The van der Waals surface area contributed by atoms with E-state index in [1.165, 1.54) is 30.1 Å². The molecule has 1 aromatic carbocycles. The first-order valence-electron chi connectivity index (χ1n) is 9.72. The van der Waals surface area contributed by atoms with Gasteiger partial charge in [-0.05, 0) is 37.5 Å². The number of amides is 1. The molecule has 10 heteroatoms. The lowest BCUT2D eigenvalue weighted by molar-refractivity contribution is 0.0522. The highest BCUT2D eigenvalue weighted by molar-refractivity contribution is 6.01. The molecule has 0 saturated carbocycles. The van der Waals surface area contributed by atoms with Gasteiger partial charge >= 0.3 is 5.97 Å². The highest BCUT2D eigenvalue weighted by Gasteiger charge is 2.25. The monoisotopic (exact) mass is 429 g/mol. The fraction of sp³-hybridized carbons (Fsp3) is 0.333. The first-order valence-corrected chi connectivity index (χ1v) is 9.72. The van der Waals surface area contributed by atoms with E-state index in [2.05, 4.69) is 25.7 Å². The van der Waals surface area contributed by atoms with Gasteiger partial charge in [-0.3, -0.25) is 9.63 Å². The van der Waals surface area contributed by atoms with Crippen LogP contribution in [0.3, 0.4) is 0 Å². The molecule has 2 N–H and O–H groups in total. The van der Waals surface area contributed by atoms with Gasteiger partial charge in [0.05, 0.1) is 30.5 Å². The Morgan fingerprint density at radius 1 is 1.26 bits per heavy atom. The number of nitrogens with one attached hydrogen (secondary N) is 2. The molecule has 9 nitrogen and oxygen atoms in total. The van der Waals surface area contributed by atoms with E-state index in [0.29, 0.717) is 22.2 Å². The smallest absolute Gasteiger partial charge is 0.340 e. The van der Waals surface area contributed by atoms with Crippen LogP contribution in [-0.4, -0.2) is 40.2 Å². The SMILES string of the molecule is CCOC(=O)c1cn2ncnc(Nc3c(F)cc(C)cc3C(=O)NOC)c2c1C(C)C. The highest BCUT2D eigenvalue weighted by atomic mass is 19.1. The fourth-order valence-electron chi connectivity index (χ4n) is 3.40. The summed E-state index contributed by atoms with van der Waals surface area (Å²) in [5, 5.41) is 7.09. The topological polar surface area (TPSA) is 107 Å². The lowest BCUT2D eigenvalue weighted by Crippen LogP contribution is -2.23. The largest absolute Gasteiger partial charge is 0.462 e. The van der Waals surface area contributed by atoms with E-state index >= 15 is 0 Å². The second-order valence-corrected chi connectivity index (χ2v) is 7.16. The number of halogens is 1. The molecule has 0 atom stereocenters. The molecule has 3 aromatic rings. The Kier molecular flexibility index (Phi) is 6.50. The molecule has 3 rings (SSSR count). The van der Waals surface area contributed by atoms with Gasteiger partial charge in [0.25, 0.3) is 5.91 Å². The van der Waals surface area contributed by atoms with Crippen LogP contribution in [0.1, 0.15) is 58.5 Å². The van der Waals surface area contributed by atoms with E-state index < -0.39 is 17.7 Å². The highest BCUT2D eigenvalue weighted by Crippen LogP contribution is 2.33. The predicted molar refractivity (Wildman–Crippen MR) is 112 cm³/mol. The number of carbonyl (C=O) groups excluding carboxylic acids is 2. The molecule has 0 aliphatic rings. The van der Waals surface area contributed by atoms with Gasteiger partial charge in [-0.25, -0.2) is 24.2 Å². The molecule has 0 aliphatic heterocycles. The number of hydrogen-bond acceptors (Lipinski definition) is 7. The normalized spacial score (nSPS) is 11.1. The summed E-state index contributed by atoms with van der Waals surface area (Å²) in [4.78, 5) is 33.8. The minimum absolute atomic E-state index is 0.0411. The third kappa shape index (κ3) is 4.33. The zero-order valence-corrected chi connectivity index (χ0v) is 17.9. The molecular weight excluding hydrogens is 405 g/mol. The van der Waals surface area contributed by atoms with Crippen LogP contribution in [0.5, 0.6) is 0 Å². The number of esters is 1. The van der Waals surface area contributed by atoms with E-state index in [9.17, 15) is 14.0 Å². The number of carbonyl (C=O) groups is 2. The lowest BCUT2D eigenvalue weighted by Gasteiger charge is -2.15. The molecule has 2 aromatic heterocycles. The Labute approximate surface area is 178 Å². The second-order valence-electron chi connectivity index (χ2n) is 7.16. The van der Waals surface area contributed by atoms with Gasteiger partial charge in [0.1, 0.15) is 17.7 Å². The van der Waals surface area contributed by atoms with Gasteiger partial charge in [-0.2, -0.15) is 5.10 Å². The van der Waals surface area contributed by atoms with Crippen LogP contribution in [0.2, 0.25) is 0 Å². The number of hydrogen-bond donors (Lipinski definition) is 2. The van der Waals surface area contributed by atoms with Crippen LogP contribution < -0.4 is 10.8 Å². The van der Waals surface area contributed by atoms with Crippen molar-refractivity contribution in [3.63, 3.8) is 0 Å². The number of aromatic nitrogens is 3. The molecule has 1 amide bonds. The van der Waals surface area contributed by atoms with Crippen molar-refractivity contribution in [1.82, 2.24) is 20.1 Å². The molecule has 0 radical (unpaired) electrons. The van der Waals surface area contributed by atoms with Crippen LogP contribution in [0.15, 0.2) is 24.7 Å². The number of aryl methyl sites for hydroxylation is 1. The standard InChI is InChI=1S/C21H24FN5O4/c1-6-31-21(29)14-9-27-18(16(14)11(2)3)19(23-10-24-27)25-17-13(20(28)26-30-5)7-12(4)8-15(17)22/h7-11H,6H2,1-5H3,(H,26,28)(H,23,24,25). The van der Waals surface area contributed by atoms with Crippen LogP contribution in [0, 0.1) is 12.7 Å². The number of anilines is 2. The Bertz CT molecular complexity index is 1140. The van der Waals surface area contributed by atoms with Crippen molar-refractivity contribution in [2.24, 2.45) is 0 Å². The summed E-state index contributed by atoms with van der Waals surface area (Å²) >= 11 is 0.